The molecular formula is C16H17N3O. The molecule has 3 aromatic rings. The Morgan fingerprint density at radius 3 is 2.90 bits per heavy atom. The number of imidazole rings is 1. The molecular weight excluding hydrogens is 250 g/mol. The lowest BCUT2D eigenvalue weighted by atomic mass is 10.1. The van der Waals surface area contributed by atoms with Gasteiger partial charge >= 0.3 is 0 Å². The minimum atomic E-state index is 0.360. The Hall–Kier alpha value is -2.49. The second-order valence-electron chi connectivity index (χ2n) is 4.99. The maximum absolute atomic E-state index is 9.99. The number of aromatic hydroxyl groups is 1. The summed E-state index contributed by atoms with van der Waals surface area (Å²) < 4.78 is 0. The summed E-state index contributed by atoms with van der Waals surface area (Å²) in [7, 11) is 0. The van der Waals surface area contributed by atoms with Crippen LogP contribution in [-0.2, 0) is 6.54 Å². The largest absolute Gasteiger partial charge is 0.507 e. The number of para-hydroxylation sites is 1. The van der Waals surface area contributed by atoms with Crippen LogP contribution in [0.3, 0.4) is 0 Å². The lowest BCUT2D eigenvalue weighted by Gasteiger charge is -2.09. The highest BCUT2D eigenvalue weighted by Gasteiger charge is 2.04. The van der Waals surface area contributed by atoms with Crippen LogP contribution in [0.25, 0.3) is 11.0 Å². The van der Waals surface area contributed by atoms with Gasteiger partial charge in [-0.05, 0) is 37.6 Å². The Labute approximate surface area is 117 Å². The van der Waals surface area contributed by atoms with Crippen molar-refractivity contribution in [1.82, 2.24) is 9.97 Å². The molecule has 0 amide bonds. The zero-order chi connectivity index (χ0) is 14.1. The number of phenolic OH excluding ortho intramolecular Hbond substituents is 1. The van der Waals surface area contributed by atoms with Crippen molar-refractivity contribution in [3.63, 3.8) is 0 Å². The average molecular weight is 267 g/mol. The fraction of sp³-hybridized carbons (Fsp3) is 0.188. The Balaban J connectivity index is 1.81. The predicted octanol–water partition coefficient (Wildman–Crippen LogP) is 3.50. The number of fused-ring (bicyclic) bond motifs is 1. The summed E-state index contributed by atoms with van der Waals surface area (Å²) in [6.45, 7) is 4.43. The van der Waals surface area contributed by atoms with Crippen LogP contribution in [0, 0.1) is 13.8 Å². The highest BCUT2D eigenvalue weighted by molar-refractivity contribution is 5.79. The van der Waals surface area contributed by atoms with Crippen molar-refractivity contribution < 1.29 is 5.11 Å². The van der Waals surface area contributed by atoms with Gasteiger partial charge in [0.25, 0.3) is 0 Å². The minimum Gasteiger partial charge on any atom is -0.507 e. The van der Waals surface area contributed by atoms with E-state index < -0.39 is 0 Å². The van der Waals surface area contributed by atoms with Gasteiger partial charge < -0.3 is 15.4 Å². The first-order chi connectivity index (χ1) is 9.63. The molecule has 0 aliphatic rings. The first-order valence-corrected chi connectivity index (χ1v) is 6.61. The van der Waals surface area contributed by atoms with Gasteiger partial charge in [0, 0.05) is 17.8 Å². The lowest BCUT2D eigenvalue weighted by molar-refractivity contribution is 0.465. The van der Waals surface area contributed by atoms with Gasteiger partial charge in [-0.3, -0.25) is 0 Å². The van der Waals surface area contributed by atoms with Gasteiger partial charge in [-0.15, -0.1) is 0 Å². The van der Waals surface area contributed by atoms with Crippen molar-refractivity contribution >= 4 is 16.7 Å². The predicted molar refractivity (Wildman–Crippen MR) is 81.0 cm³/mol. The summed E-state index contributed by atoms with van der Waals surface area (Å²) in [5.74, 6) is 1.27. The Bertz CT molecular complexity index is 762. The molecule has 0 bridgehead atoms. The summed E-state index contributed by atoms with van der Waals surface area (Å²) in [6.07, 6.45) is 0. The Kier molecular flexibility index (Phi) is 3.06. The lowest BCUT2D eigenvalue weighted by Crippen LogP contribution is -2.00. The second kappa shape index (κ2) is 4.89. The molecule has 4 nitrogen and oxygen atoms in total. The molecule has 1 heterocycles. The van der Waals surface area contributed by atoms with E-state index in [4.69, 9.17) is 0 Å². The maximum Gasteiger partial charge on any atom is 0.123 e. The monoisotopic (exact) mass is 267 g/mol. The van der Waals surface area contributed by atoms with Crippen LogP contribution in [0.5, 0.6) is 5.75 Å². The van der Waals surface area contributed by atoms with E-state index >= 15 is 0 Å². The van der Waals surface area contributed by atoms with Crippen molar-refractivity contribution in [1.29, 1.82) is 0 Å². The molecule has 0 saturated heterocycles. The van der Waals surface area contributed by atoms with Crippen LogP contribution < -0.4 is 5.32 Å². The molecule has 0 saturated carbocycles. The van der Waals surface area contributed by atoms with Crippen molar-refractivity contribution in [3.05, 3.63) is 53.3 Å². The number of anilines is 1. The van der Waals surface area contributed by atoms with Crippen LogP contribution in [0.2, 0.25) is 0 Å². The molecule has 20 heavy (non-hydrogen) atoms. The minimum absolute atomic E-state index is 0.360. The number of aromatic amines is 1. The fourth-order valence-electron chi connectivity index (χ4n) is 2.31. The van der Waals surface area contributed by atoms with E-state index in [2.05, 4.69) is 15.3 Å². The van der Waals surface area contributed by atoms with Crippen LogP contribution in [-0.4, -0.2) is 15.1 Å². The van der Waals surface area contributed by atoms with Crippen LogP contribution in [0.15, 0.2) is 36.4 Å². The highest BCUT2D eigenvalue weighted by Crippen LogP contribution is 2.23. The van der Waals surface area contributed by atoms with E-state index in [1.54, 1.807) is 0 Å². The molecule has 102 valence electrons. The van der Waals surface area contributed by atoms with Crippen molar-refractivity contribution in [2.24, 2.45) is 0 Å². The fourth-order valence-corrected chi connectivity index (χ4v) is 2.31. The molecule has 0 radical (unpaired) electrons. The first kappa shape index (κ1) is 12.5. The van der Waals surface area contributed by atoms with E-state index in [9.17, 15) is 5.11 Å². The number of phenols is 1. The molecule has 3 rings (SSSR count). The highest BCUT2D eigenvalue weighted by atomic mass is 16.3. The summed E-state index contributed by atoms with van der Waals surface area (Å²) in [4.78, 5) is 7.59. The molecule has 0 aliphatic carbocycles. The molecule has 0 fully saturated rings. The van der Waals surface area contributed by atoms with E-state index in [0.29, 0.717) is 12.3 Å². The zero-order valence-electron chi connectivity index (χ0n) is 11.6. The number of aryl methyl sites for hydroxylation is 2. The Morgan fingerprint density at radius 2 is 2.05 bits per heavy atom. The van der Waals surface area contributed by atoms with Gasteiger partial charge in [0.2, 0.25) is 0 Å². The van der Waals surface area contributed by atoms with Gasteiger partial charge in [-0.2, -0.15) is 0 Å². The number of nitrogens with one attached hydrogen (secondary N) is 2. The number of aromatic nitrogens is 2. The van der Waals surface area contributed by atoms with Crippen LogP contribution in [0.4, 0.5) is 5.69 Å². The van der Waals surface area contributed by atoms with Gasteiger partial charge in [0.05, 0.1) is 11.0 Å². The topological polar surface area (TPSA) is 60.9 Å². The van der Waals surface area contributed by atoms with Crippen LogP contribution in [0.1, 0.15) is 17.0 Å². The molecule has 1 aromatic heterocycles. The number of hydrogen-bond donors (Lipinski definition) is 3. The smallest absolute Gasteiger partial charge is 0.123 e. The van der Waals surface area contributed by atoms with Crippen LogP contribution >= 0.6 is 0 Å². The first-order valence-electron chi connectivity index (χ1n) is 6.61. The molecule has 2 aromatic carbocycles. The molecule has 0 spiro atoms. The quantitative estimate of drug-likeness (QED) is 0.680. The van der Waals surface area contributed by atoms with Crippen molar-refractivity contribution in [3.8, 4) is 5.75 Å². The van der Waals surface area contributed by atoms with E-state index in [1.807, 2.05) is 50.2 Å². The van der Waals surface area contributed by atoms with Crippen molar-refractivity contribution in [2.75, 3.05) is 5.32 Å². The van der Waals surface area contributed by atoms with Gasteiger partial charge in [-0.1, -0.05) is 18.2 Å². The number of rotatable bonds is 3. The maximum atomic E-state index is 9.99. The number of benzene rings is 2. The molecule has 4 heteroatoms. The SMILES string of the molecule is Cc1nc2ccc(NCc3cccc(C)c3O)cc2[nH]1. The average Bonchev–Trinajstić information content (AvgIpc) is 2.79. The summed E-state index contributed by atoms with van der Waals surface area (Å²) in [6, 6.07) is 11.8. The van der Waals surface area contributed by atoms with Gasteiger partial charge in [0.1, 0.15) is 11.6 Å². The van der Waals surface area contributed by atoms with E-state index in [0.717, 1.165) is 33.7 Å². The third kappa shape index (κ3) is 2.32. The normalized spacial score (nSPS) is 10.9. The molecule has 0 unspecified atom stereocenters. The number of hydrogen-bond acceptors (Lipinski definition) is 3. The van der Waals surface area contributed by atoms with Gasteiger partial charge in [-0.25, -0.2) is 4.98 Å². The summed E-state index contributed by atoms with van der Waals surface area (Å²) in [5.41, 5.74) is 4.77. The summed E-state index contributed by atoms with van der Waals surface area (Å²) in [5, 5.41) is 13.3. The van der Waals surface area contributed by atoms with E-state index in [1.165, 1.54) is 0 Å². The number of H-pyrrole nitrogens is 1. The van der Waals surface area contributed by atoms with Gasteiger partial charge in [0.15, 0.2) is 0 Å². The number of nitrogens with zero attached hydrogens (tertiary/aromatic N) is 1. The third-order valence-corrected chi connectivity index (χ3v) is 3.40. The van der Waals surface area contributed by atoms with Crippen molar-refractivity contribution in [2.45, 2.75) is 20.4 Å². The zero-order valence-corrected chi connectivity index (χ0v) is 11.6. The Morgan fingerprint density at radius 1 is 1.20 bits per heavy atom. The summed E-state index contributed by atoms with van der Waals surface area (Å²) >= 11 is 0. The standard InChI is InChI=1S/C16H17N3O/c1-10-4-3-5-12(16(10)20)9-17-13-6-7-14-15(8-13)19-11(2)18-14/h3-8,17,20H,9H2,1-2H3,(H,18,19). The van der Waals surface area contributed by atoms with E-state index in [-0.39, 0.29) is 0 Å². The third-order valence-electron chi connectivity index (χ3n) is 3.40. The molecule has 0 aliphatic heterocycles. The molecule has 3 N–H and O–H groups in total. The molecule has 0 atom stereocenters. The second-order valence-corrected chi connectivity index (χ2v) is 4.99.